The number of halogens is 2. The van der Waals surface area contributed by atoms with Crippen LogP contribution in [0.5, 0.6) is 0 Å². The van der Waals surface area contributed by atoms with Crippen molar-refractivity contribution >= 4 is 44.4 Å². The molecule has 0 fully saturated rings. The maximum absolute atomic E-state index is 11.7. The third kappa shape index (κ3) is 2.49. The molecular weight excluding hydrogens is 339 g/mol. The molecule has 0 atom stereocenters. The van der Waals surface area contributed by atoms with E-state index in [4.69, 9.17) is 23.2 Å². The van der Waals surface area contributed by atoms with Crippen LogP contribution < -0.4 is 0 Å². The van der Waals surface area contributed by atoms with E-state index in [-0.39, 0.29) is 21.6 Å². The first kappa shape index (κ1) is 14.3. The molecule has 0 radical (unpaired) electrons. The SMILES string of the molecule is O=S(=O)(O)c1c(-c2cc(Cl)ccc2Cl)ccc2nonc12. The largest absolute Gasteiger partial charge is 0.297 e. The summed E-state index contributed by atoms with van der Waals surface area (Å²) in [5.74, 6) is 0. The summed E-state index contributed by atoms with van der Waals surface area (Å²) in [6.45, 7) is 0. The number of hydrogen-bond acceptors (Lipinski definition) is 5. The Morgan fingerprint density at radius 1 is 1.05 bits per heavy atom. The summed E-state index contributed by atoms with van der Waals surface area (Å²) in [5.41, 5.74) is 0.630. The van der Waals surface area contributed by atoms with Gasteiger partial charge < -0.3 is 0 Å². The van der Waals surface area contributed by atoms with E-state index in [1.54, 1.807) is 6.07 Å². The molecule has 1 aromatic heterocycles. The van der Waals surface area contributed by atoms with E-state index < -0.39 is 15.0 Å². The molecule has 1 heterocycles. The van der Waals surface area contributed by atoms with Crippen LogP contribution in [-0.4, -0.2) is 23.3 Å². The number of aromatic nitrogens is 2. The van der Waals surface area contributed by atoms with Crippen molar-refractivity contribution in [2.45, 2.75) is 4.90 Å². The van der Waals surface area contributed by atoms with Crippen molar-refractivity contribution in [3.8, 4) is 11.1 Å². The Balaban J connectivity index is 2.45. The highest BCUT2D eigenvalue weighted by Gasteiger charge is 2.24. The third-order valence-electron chi connectivity index (χ3n) is 2.86. The van der Waals surface area contributed by atoms with E-state index in [1.807, 2.05) is 0 Å². The van der Waals surface area contributed by atoms with Gasteiger partial charge in [0, 0.05) is 21.2 Å². The predicted molar refractivity (Wildman–Crippen MR) is 77.1 cm³/mol. The highest BCUT2D eigenvalue weighted by Crippen LogP contribution is 2.37. The zero-order valence-corrected chi connectivity index (χ0v) is 12.4. The molecule has 0 aliphatic carbocycles. The molecule has 3 rings (SSSR count). The second kappa shape index (κ2) is 4.96. The Morgan fingerprint density at radius 2 is 1.81 bits per heavy atom. The van der Waals surface area contributed by atoms with Crippen LogP contribution in [0.25, 0.3) is 22.2 Å². The van der Waals surface area contributed by atoms with Gasteiger partial charge in [-0.15, -0.1) is 0 Å². The molecule has 0 unspecified atom stereocenters. The summed E-state index contributed by atoms with van der Waals surface area (Å²) < 4.78 is 37.4. The normalized spacial score (nSPS) is 12.0. The topological polar surface area (TPSA) is 93.3 Å². The molecule has 0 spiro atoms. The second-order valence-electron chi connectivity index (χ2n) is 4.17. The minimum atomic E-state index is -4.57. The van der Waals surface area contributed by atoms with Gasteiger partial charge in [0.05, 0.1) is 0 Å². The summed E-state index contributed by atoms with van der Waals surface area (Å²) in [6, 6.07) is 7.54. The molecule has 21 heavy (non-hydrogen) atoms. The lowest BCUT2D eigenvalue weighted by Gasteiger charge is -2.09. The zero-order valence-electron chi connectivity index (χ0n) is 10.1. The van der Waals surface area contributed by atoms with Crippen molar-refractivity contribution < 1.29 is 17.6 Å². The molecular formula is C12H6Cl2N2O4S. The van der Waals surface area contributed by atoms with Gasteiger partial charge in [0.15, 0.2) is 5.52 Å². The molecule has 0 aliphatic heterocycles. The first-order valence-corrected chi connectivity index (χ1v) is 7.76. The van der Waals surface area contributed by atoms with Gasteiger partial charge in [0.25, 0.3) is 10.1 Å². The fourth-order valence-electron chi connectivity index (χ4n) is 2.00. The van der Waals surface area contributed by atoms with Crippen molar-refractivity contribution in [2.24, 2.45) is 0 Å². The summed E-state index contributed by atoms with van der Waals surface area (Å²) >= 11 is 12.0. The quantitative estimate of drug-likeness (QED) is 0.715. The van der Waals surface area contributed by atoms with Crippen molar-refractivity contribution in [1.29, 1.82) is 0 Å². The number of nitrogens with zero attached hydrogens (tertiary/aromatic N) is 2. The molecule has 0 saturated heterocycles. The van der Waals surface area contributed by atoms with Crippen LogP contribution in [0.1, 0.15) is 0 Å². The number of rotatable bonds is 2. The molecule has 0 bridgehead atoms. The molecule has 1 N–H and O–H groups in total. The van der Waals surface area contributed by atoms with Crippen molar-refractivity contribution in [2.75, 3.05) is 0 Å². The molecule has 0 aliphatic rings. The van der Waals surface area contributed by atoms with Crippen LogP contribution in [0.15, 0.2) is 39.9 Å². The van der Waals surface area contributed by atoms with Gasteiger partial charge in [-0.1, -0.05) is 29.3 Å². The van der Waals surface area contributed by atoms with Gasteiger partial charge in [-0.3, -0.25) is 4.55 Å². The lowest BCUT2D eigenvalue weighted by molar-refractivity contribution is 0.315. The van der Waals surface area contributed by atoms with Crippen molar-refractivity contribution in [1.82, 2.24) is 10.3 Å². The third-order valence-corrected chi connectivity index (χ3v) is 4.35. The number of hydrogen-bond donors (Lipinski definition) is 1. The minimum absolute atomic E-state index is 0.0777. The molecule has 108 valence electrons. The van der Waals surface area contributed by atoms with Crippen LogP contribution in [0.2, 0.25) is 10.0 Å². The summed E-state index contributed by atoms with van der Waals surface area (Å²) in [7, 11) is -4.57. The van der Waals surface area contributed by atoms with Crippen LogP contribution in [0, 0.1) is 0 Å². The lowest BCUT2D eigenvalue weighted by Crippen LogP contribution is -2.02. The monoisotopic (exact) mass is 344 g/mol. The molecule has 0 amide bonds. The second-order valence-corrected chi connectivity index (χ2v) is 6.38. The molecule has 0 saturated carbocycles. The van der Waals surface area contributed by atoms with Crippen molar-refractivity contribution in [3.05, 3.63) is 40.4 Å². The average Bonchev–Trinajstić information content (AvgIpc) is 2.87. The van der Waals surface area contributed by atoms with E-state index in [9.17, 15) is 13.0 Å². The number of benzene rings is 2. The average molecular weight is 345 g/mol. The molecule has 2 aromatic carbocycles. The standard InChI is InChI=1S/C12H6Cl2N2O4S/c13-6-1-3-9(14)8(5-6)7-2-4-10-11(16-20-15-10)12(7)21(17,18)19/h1-5H,(H,17,18,19). The summed E-state index contributed by atoms with van der Waals surface area (Å²) in [5, 5.41) is 7.72. The van der Waals surface area contributed by atoms with Crippen LogP contribution in [0.4, 0.5) is 0 Å². The summed E-state index contributed by atoms with van der Waals surface area (Å²) in [6.07, 6.45) is 0. The Hall–Kier alpha value is -1.67. The van der Waals surface area contributed by atoms with E-state index in [2.05, 4.69) is 14.9 Å². The Morgan fingerprint density at radius 3 is 2.52 bits per heavy atom. The van der Waals surface area contributed by atoms with E-state index >= 15 is 0 Å². The highest BCUT2D eigenvalue weighted by atomic mass is 35.5. The Labute approximate surface area is 129 Å². The zero-order chi connectivity index (χ0) is 15.2. The van der Waals surface area contributed by atoms with Crippen molar-refractivity contribution in [3.63, 3.8) is 0 Å². The van der Waals surface area contributed by atoms with Crippen LogP contribution >= 0.6 is 23.2 Å². The van der Waals surface area contributed by atoms with Gasteiger partial charge >= 0.3 is 0 Å². The van der Waals surface area contributed by atoms with Gasteiger partial charge in [-0.25, -0.2) is 4.63 Å². The molecule has 6 nitrogen and oxygen atoms in total. The molecule has 3 aromatic rings. The minimum Gasteiger partial charge on any atom is -0.282 e. The Bertz CT molecular complexity index is 953. The van der Waals surface area contributed by atoms with Gasteiger partial charge in [-0.2, -0.15) is 8.42 Å². The first-order valence-electron chi connectivity index (χ1n) is 5.56. The highest BCUT2D eigenvalue weighted by molar-refractivity contribution is 7.86. The maximum Gasteiger partial charge on any atom is 0.297 e. The predicted octanol–water partition coefficient (Wildman–Crippen LogP) is 3.44. The van der Waals surface area contributed by atoms with Gasteiger partial charge in [0.2, 0.25) is 0 Å². The molecule has 9 heteroatoms. The maximum atomic E-state index is 11.7. The smallest absolute Gasteiger partial charge is 0.282 e. The van der Waals surface area contributed by atoms with E-state index in [0.717, 1.165) is 0 Å². The Kier molecular flexibility index (Phi) is 3.37. The van der Waals surface area contributed by atoms with E-state index in [0.29, 0.717) is 10.6 Å². The number of fused-ring (bicyclic) bond motifs is 1. The van der Waals surface area contributed by atoms with Crippen LogP contribution in [0.3, 0.4) is 0 Å². The lowest BCUT2D eigenvalue weighted by atomic mass is 10.0. The van der Waals surface area contributed by atoms with Crippen LogP contribution in [-0.2, 0) is 10.1 Å². The first-order chi connectivity index (χ1) is 9.88. The summed E-state index contributed by atoms with van der Waals surface area (Å²) in [4.78, 5) is -0.426. The van der Waals surface area contributed by atoms with Gasteiger partial charge in [0.1, 0.15) is 10.4 Å². The van der Waals surface area contributed by atoms with Gasteiger partial charge in [-0.05, 0) is 34.6 Å². The fourth-order valence-corrected chi connectivity index (χ4v) is 3.24. The fraction of sp³-hybridized carbons (Fsp3) is 0. The van der Waals surface area contributed by atoms with E-state index in [1.165, 1.54) is 24.3 Å².